The largest absolute Gasteiger partial charge is 0.484 e. The van der Waals surface area contributed by atoms with Crippen molar-refractivity contribution in [3.05, 3.63) is 54.1 Å². The van der Waals surface area contributed by atoms with Gasteiger partial charge in [-0.25, -0.2) is 8.42 Å². The Kier molecular flexibility index (Phi) is 9.02. The molecule has 0 saturated carbocycles. The van der Waals surface area contributed by atoms with Crippen LogP contribution in [0.25, 0.3) is 0 Å². The van der Waals surface area contributed by atoms with Gasteiger partial charge in [0.1, 0.15) is 5.75 Å². The van der Waals surface area contributed by atoms with E-state index in [0.717, 1.165) is 5.56 Å². The predicted octanol–water partition coefficient (Wildman–Crippen LogP) is 2.84. The van der Waals surface area contributed by atoms with Crippen LogP contribution in [0.4, 0.5) is 5.69 Å². The maximum atomic E-state index is 12.5. The van der Waals surface area contributed by atoms with E-state index in [1.807, 2.05) is 0 Å². The van der Waals surface area contributed by atoms with Crippen molar-refractivity contribution < 1.29 is 27.5 Å². The highest BCUT2D eigenvalue weighted by Crippen LogP contribution is 2.19. The number of hydrogen-bond acceptors (Lipinski definition) is 6. The van der Waals surface area contributed by atoms with Gasteiger partial charge in [0.25, 0.3) is 5.91 Å². The molecule has 0 heterocycles. The van der Waals surface area contributed by atoms with E-state index >= 15 is 0 Å². The van der Waals surface area contributed by atoms with E-state index in [0.29, 0.717) is 31.1 Å². The molecule has 2 aromatic carbocycles. The lowest BCUT2D eigenvalue weighted by Crippen LogP contribution is -2.30. The number of hydrogen-bond donors (Lipinski definition) is 1. The first-order valence-corrected chi connectivity index (χ1v) is 11.5. The Balaban J connectivity index is 1.88. The number of amides is 1. The summed E-state index contributed by atoms with van der Waals surface area (Å²) in [6.07, 6.45) is 0.172. The Morgan fingerprint density at radius 1 is 0.935 bits per heavy atom. The molecule has 31 heavy (non-hydrogen) atoms. The van der Waals surface area contributed by atoms with Gasteiger partial charge in [0, 0.05) is 18.8 Å². The Morgan fingerprint density at radius 3 is 2.10 bits per heavy atom. The molecule has 0 aliphatic carbocycles. The summed E-state index contributed by atoms with van der Waals surface area (Å²) in [5.74, 6) is -0.278. The molecule has 0 fully saturated rings. The lowest BCUT2D eigenvalue weighted by atomic mass is 10.1. The highest BCUT2D eigenvalue weighted by atomic mass is 32.2. The molecule has 0 aliphatic heterocycles. The van der Waals surface area contributed by atoms with Gasteiger partial charge in [-0.05, 0) is 48.9 Å². The summed E-state index contributed by atoms with van der Waals surface area (Å²) < 4.78 is 36.7. The fourth-order valence-corrected chi connectivity index (χ4v) is 4.31. The number of carbonyl (C=O) groups excluding carboxylic acids is 2. The Hall–Kier alpha value is -2.91. The van der Waals surface area contributed by atoms with Gasteiger partial charge in [-0.3, -0.25) is 9.59 Å². The van der Waals surface area contributed by atoms with E-state index < -0.39 is 10.0 Å². The van der Waals surface area contributed by atoms with Gasteiger partial charge in [0.15, 0.2) is 6.61 Å². The summed E-state index contributed by atoms with van der Waals surface area (Å²) in [7, 11) is -3.53. The van der Waals surface area contributed by atoms with Crippen molar-refractivity contribution in [3.63, 3.8) is 0 Å². The van der Waals surface area contributed by atoms with Crippen LogP contribution in [0, 0.1) is 0 Å². The fraction of sp³-hybridized carbons (Fsp3) is 0.364. The van der Waals surface area contributed by atoms with Crippen LogP contribution >= 0.6 is 0 Å². The molecule has 0 unspecified atom stereocenters. The number of carbonyl (C=O) groups is 2. The number of anilines is 1. The van der Waals surface area contributed by atoms with Crippen molar-refractivity contribution in [2.24, 2.45) is 0 Å². The van der Waals surface area contributed by atoms with Gasteiger partial charge in [-0.15, -0.1) is 0 Å². The van der Waals surface area contributed by atoms with E-state index in [2.05, 4.69) is 5.32 Å². The number of benzene rings is 2. The minimum Gasteiger partial charge on any atom is -0.484 e. The first kappa shape index (κ1) is 24.4. The van der Waals surface area contributed by atoms with Crippen LogP contribution in [0.2, 0.25) is 0 Å². The number of nitrogens with one attached hydrogen (secondary N) is 1. The van der Waals surface area contributed by atoms with E-state index in [9.17, 15) is 18.0 Å². The van der Waals surface area contributed by atoms with Gasteiger partial charge in [-0.2, -0.15) is 4.31 Å². The second-order valence-corrected chi connectivity index (χ2v) is 8.51. The number of ether oxygens (including phenoxy) is 2. The lowest BCUT2D eigenvalue weighted by Gasteiger charge is -2.18. The van der Waals surface area contributed by atoms with E-state index in [4.69, 9.17) is 9.47 Å². The van der Waals surface area contributed by atoms with Crippen LogP contribution in [0.3, 0.4) is 0 Å². The summed E-state index contributed by atoms with van der Waals surface area (Å²) in [5.41, 5.74) is 1.36. The summed E-state index contributed by atoms with van der Waals surface area (Å²) >= 11 is 0. The van der Waals surface area contributed by atoms with Crippen molar-refractivity contribution >= 4 is 27.6 Å². The first-order chi connectivity index (χ1) is 14.8. The standard InChI is InChI=1S/C22H28N2O6S/c1-4-24(5-2)31(27,28)20-13-11-19(12-14-20)30-16-21(25)23-18-9-7-17(8-10-18)15-22(26)29-6-3/h7-14H,4-6,15-16H2,1-3H3,(H,23,25). The molecule has 8 nitrogen and oxygen atoms in total. The Morgan fingerprint density at radius 2 is 1.55 bits per heavy atom. The lowest BCUT2D eigenvalue weighted by molar-refractivity contribution is -0.142. The third kappa shape index (κ3) is 7.08. The van der Waals surface area contributed by atoms with Gasteiger partial charge in [0.05, 0.1) is 17.9 Å². The molecule has 1 N–H and O–H groups in total. The number of rotatable bonds is 11. The van der Waals surface area contributed by atoms with Crippen molar-refractivity contribution in [1.82, 2.24) is 4.31 Å². The molecule has 0 aliphatic rings. The van der Waals surface area contributed by atoms with Crippen LogP contribution in [-0.4, -0.2) is 50.9 Å². The molecule has 0 aromatic heterocycles. The second-order valence-electron chi connectivity index (χ2n) is 6.58. The zero-order chi connectivity index (χ0) is 22.9. The first-order valence-electron chi connectivity index (χ1n) is 10.1. The normalized spacial score (nSPS) is 11.2. The van der Waals surface area contributed by atoms with Gasteiger partial charge < -0.3 is 14.8 Å². The third-order valence-electron chi connectivity index (χ3n) is 4.43. The molecule has 0 spiro atoms. The van der Waals surface area contributed by atoms with Gasteiger partial charge in [-0.1, -0.05) is 26.0 Å². The van der Waals surface area contributed by atoms with Gasteiger partial charge in [0.2, 0.25) is 10.0 Å². The molecule has 0 atom stereocenters. The average Bonchev–Trinajstić information content (AvgIpc) is 2.75. The van der Waals surface area contributed by atoms with Crippen molar-refractivity contribution in [2.45, 2.75) is 32.1 Å². The highest BCUT2D eigenvalue weighted by Gasteiger charge is 2.21. The number of sulfonamides is 1. The SMILES string of the molecule is CCOC(=O)Cc1ccc(NC(=O)COc2ccc(S(=O)(=O)N(CC)CC)cc2)cc1. The molecule has 1 amide bonds. The minimum absolute atomic E-state index is 0.172. The van der Waals surface area contributed by atoms with Crippen molar-refractivity contribution in [1.29, 1.82) is 0 Å². The van der Waals surface area contributed by atoms with Gasteiger partial charge >= 0.3 is 5.97 Å². The van der Waals surface area contributed by atoms with Crippen molar-refractivity contribution in [3.8, 4) is 5.75 Å². The summed E-state index contributed by atoms with van der Waals surface area (Å²) in [4.78, 5) is 23.8. The van der Waals surface area contributed by atoms with Crippen LogP contribution in [0.1, 0.15) is 26.3 Å². The molecule has 2 rings (SSSR count). The topological polar surface area (TPSA) is 102 Å². The summed E-state index contributed by atoms with van der Waals surface area (Å²) in [6.45, 7) is 6.20. The van der Waals surface area contributed by atoms with E-state index in [-0.39, 0.29) is 29.8 Å². The zero-order valence-electron chi connectivity index (χ0n) is 18.0. The zero-order valence-corrected chi connectivity index (χ0v) is 18.8. The maximum absolute atomic E-state index is 12.5. The molecule has 168 valence electrons. The summed E-state index contributed by atoms with van der Waals surface area (Å²) in [5, 5.41) is 2.70. The molecule has 0 saturated heterocycles. The highest BCUT2D eigenvalue weighted by molar-refractivity contribution is 7.89. The second kappa shape index (κ2) is 11.5. The fourth-order valence-electron chi connectivity index (χ4n) is 2.85. The van der Waals surface area contributed by atoms with Crippen LogP contribution in [0.15, 0.2) is 53.4 Å². The van der Waals surface area contributed by atoms with Crippen LogP contribution in [-0.2, 0) is 30.8 Å². The third-order valence-corrected chi connectivity index (χ3v) is 6.49. The number of esters is 1. The van der Waals surface area contributed by atoms with Crippen LogP contribution in [0.5, 0.6) is 5.75 Å². The van der Waals surface area contributed by atoms with E-state index in [1.165, 1.54) is 28.6 Å². The molecule has 0 radical (unpaired) electrons. The minimum atomic E-state index is -3.53. The number of nitrogens with zero attached hydrogens (tertiary/aromatic N) is 1. The van der Waals surface area contributed by atoms with Crippen LogP contribution < -0.4 is 10.1 Å². The molecular weight excluding hydrogens is 420 g/mol. The Labute approximate surface area is 183 Å². The molecule has 9 heteroatoms. The Bertz CT molecular complexity index is 968. The monoisotopic (exact) mass is 448 g/mol. The van der Waals surface area contributed by atoms with Crippen molar-refractivity contribution in [2.75, 3.05) is 31.6 Å². The smallest absolute Gasteiger partial charge is 0.310 e. The average molecular weight is 449 g/mol. The maximum Gasteiger partial charge on any atom is 0.310 e. The molecule has 0 bridgehead atoms. The predicted molar refractivity (Wildman–Crippen MR) is 117 cm³/mol. The quantitative estimate of drug-likeness (QED) is 0.531. The molecular formula is C22H28N2O6S. The van der Waals surface area contributed by atoms with E-state index in [1.54, 1.807) is 45.0 Å². The summed E-state index contributed by atoms with van der Waals surface area (Å²) in [6, 6.07) is 12.8. The molecule has 2 aromatic rings.